The predicted molar refractivity (Wildman–Crippen MR) is 65.0 cm³/mol. The zero-order chi connectivity index (χ0) is 12.4. The quantitative estimate of drug-likeness (QED) is 0.816. The van der Waals surface area contributed by atoms with E-state index >= 15 is 0 Å². The van der Waals surface area contributed by atoms with E-state index in [1.807, 2.05) is 29.6 Å². The molecule has 1 fully saturated rings. The molecular weight excluding hydrogens is 216 g/mol. The van der Waals surface area contributed by atoms with E-state index in [-0.39, 0.29) is 11.9 Å². The van der Waals surface area contributed by atoms with Crippen LogP contribution in [0.3, 0.4) is 0 Å². The first kappa shape index (κ1) is 12.1. The van der Waals surface area contributed by atoms with Gasteiger partial charge >= 0.3 is 0 Å². The Balaban J connectivity index is 2.08. The van der Waals surface area contributed by atoms with Crippen LogP contribution in [0.2, 0.25) is 0 Å². The standard InChI is InChI=1S/C12H20N4O/c1-3-10(13)12(17)16(9-4-5-9)8-11-14-6-7-15(11)2/h6-7,9-10H,3-5,8,13H2,1-2H3. The lowest BCUT2D eigenvalue weighted by Gasteiger charge is -2.24. The van der Waals surface area contributed by atoms with Gasteiger partial charge in [-0.25, -0.2) is 4.98 Å². The Labute approximate surface area is 102 Å². The Morgan fingerprint density at radius 1 is 1.71 bits per heavy atom. The number of hydrogen-bond acceptors (Lipinski definition) is 3. The molecule has 5 nitrogen and oxygen atoms in total. The van der Waals surface area contributed by atoms with Gasteiger partial charge in [-0.3, -0.25) is 4.79 Å². The Hall–Kier alpha value is -1.36. The summed E-state index contributed by atoms with van der Waals surface area (Å²) in [6.45, 7) is 2.51. The average Bonchev–Trinajstić information content (AvgIpc) is 3.09. The molecule has 1 aliphatic carbocycles. The smallest absolute Gasteiger partial charge is 0.240 e. The maximum Gasteiger partial charge on any atom is 0.240 e. The maximum absolute atomic E-state index is 12.2. The number of aromatic nitrogens is 2. The molecule has 1 unspecified atom stereocenters. The zero-order valence-corrected chi connectivity index (χ0v) is 10.5. The van der Waals surface area contributed by atoms with E-state index in [1.54, 1.807) is 6.20 Å². The van der Waals surface area contributed by atoms with Crippen LogP contribution >= 0.6 is 0 Å². The Bertz CT molecular complexity index is 397. The molecule has 1 aliphatic rings. The molecule has 0 aliphatic heterocycles. The fraction of sp³-hybridized carbons (Fsp3) is 0.667. The van der Waals surface area contributed by atoms with Gasteiger partial charge in [0.1, 0.15) is 5.82 Å². The van der Waals surface area contributed by atoms with Crippen molar-refractivity contribution in [2.24, 2.45) is 12.8 Å². The second-order valence-electron chi connectivity index (χ2n) is 4.67. The molecule has 1 aromatic rings. The molecule has 2 N–H and O–H groups in total. The highest BCUT2D eigenvalue weighted by Crippen LogP contribution is 2.28. The summed E-state index contributed by atoms with van der Waals surface area (Å²) >= 11 is 0. The fourth-order valence-electron chi connectivity index (χ4n) is 1.86. The van der Waals surface area contributed by atoms with Crippen LogP contribution in [-0.2, 0) is 18.4 Å². The van der Waals surface area contributed by atoms with Gasteiger partial charge in [0.05, 0.1) is 12.6 Å². The number of amides is 1. The van der Waals surface area contributed by atoms with Crippen molar-refractivity contribution in [2.45, 2.75) is 44.8 Å². The molecule has 94 valence electrons. The maximum atomic E-state index is 12.2. The summed E-state index contributed by atoms with van der Waals surface area (Å²) in [4.78, 5) is 18.3. The normalized spacial score (nSPS) is 16.9. The number of carbonyl (C=O) groups excluding carboxylic acids is 1. The molecule has 1 saturated carbocycles. The van der Waals surface area contributed by atoms with Crippen molar-refractivity contribution in [1.82, 2.24) is 14.5 Å². The second kappa shape index (κ2) is 4.87. The molecule has 2 rings (SSSR count). The number of hydrogen-bond donors (Lipinski definition) is 1. The minimum atomic E-state index is -0.379. The molecule has 0 aromatic carbocycles. The number of carbonyl (C=O) groups is 1. The van der Waals surface area contributed by atoms with Gasteiger partial charge in [0, 0.05) is 25.5 Å². The number of nitrogens with zero attached hydrogens (tertiary/aromatic N) is 3. The highest BCUT2D eigenvalue weighted by molar-refractivity contribution is 5.82. The molecule has 17 heavy (non-hydrogen) atoms. The molecule has 0 radical (unpaired) electrons. The summed E-state index contributed by atoms with van der Waals surface area (Å²) in [5.74, 6) is 0.964. The molecule has 1 aromatic heterocycles. The number of nitrogens with two attached hydrogens (primary N) is 1. The zero-order valence-electron chi connectivity index (χ0n) is 10.5. The molecule has 0 spiro atoms. The number of imidazole rings is 1. The van der Waals surface area contributed by atoms with Crippen LogP contribution in [-0.4, -0.2) is 32.4 Å². The average molecular weight is 236 g/mol. The van der Waals surface area contributed by atoms with Crippen LogP contribution in [0, 0.1) is 0 Å². The van der Waals surface area contributed by atoms with Crippen molar-refractivity contribution in [3.8, 4) is 0 Å². The van der Waals surface area contributed by atoms with Crippen molar-refractivity contribution in [3.05, 3.63) is 18.2 Å². The third kappa shape index (κ3) is 2.66. The van der Waals surface area contributed by atoms with Crippen LogP contribution in [0.15, 0.2) is 12.4 Å². The van der Waals surface area contributed by atoms with Crippen LogP contribution in [0.25, 0.3) is 0 Å². The van der Waals surface area contributed by atoms with E-state index in [0.29, 0.717) is 19.0 Å². The summed E-state index contributed by atoms with van der Waals surface area (Å²) in [7, 11) is 1.94. The Morgan fingerprint density at radius 2 is 2.41 bits per heavy atom. The molecular formula is C12H20N4O. The van der Waals surface area contributed by atoms with Crippen molar-refractivity contribution in [3.63, 3.8) is 0 Å². The molecule has 5 heteroatoms. The van der Waals surface area contributed by atoms with Crippen molar-refractivity contribution in [1.29, 1.82) is 0 Å². The molecule has 0 bridgehead atoms. The van der Waals surface area contributed by atoms with E-state index in [2.05, 4.69) is 4.98 Å². The van der Waals surface area contributed by atoms with Crippen molar-refractivity contribution < 1.29 is 4.79 Å². The first-order valence-corrected chi connectivity index (χ1v) is 6.15. The summed E-state index contributed by atoms with van der Waals surface area (Å²) in [6, 6.07) is -0.00679. The minimum Gasteiger partial charge on any atom is -0.337 e. The van der Waals surface area contributed by atoms with Crippen LogP contribution in [0.1, 0.15) is 32.0 Å². The fourth-order valence-corrected chi connectivity index (χ4v) is 1.86. The van der Waals surface area contributed by atoms with Gasteiger partial charge in [-0.1, -0.05) is 6.92 Å². The second-order valence-corrected chi connectivity index (χ2v) is 4.67. The van der Waals surface area contributed by atoms with Crippen LogP contribution in [0.5, 0.6) is 0 Å². The third-order valence-electron chi connectivity index (χ3n) is 3.26. The summed E-state index contributed by atoms with van der Waals surface area (Å²) in [6.07, 6.45) is 6.51. The van der Waals surface area contributed by atoms with Crippen LogP contribution in [0.4, 0.5) is 0 Å². The molecule has 1 amide bonds. The van der Waals surface area contributed by atoms with Gasteiger partial charge in [0.15, 0.2) is 0 Å². The van der Waals surface area contributed by atoms with Gasteiger partial charge in [0.25, 0.3) is 0 Å². The van der Waals surface area contributed by atoms with E-state index < -0.39 is 0 Å². The van der Waals surface area contributed by atoms with Gasteiger partial charge in [-0.05, 0) is 19.3 Å². The van der Waals surface area contributed by atoms with E-state index in [9.17, 15) is 4.79 Å². The van der Waals surface area contributed by atoms with E-state index in [4.69, 9.17) is 5.73 Å². The summed E-state index contributed by atoms with van der Waals surface area (Å²) in [5.41, 5.74) is 5.83. The Morgan fingerprint density at radius 3 is 2.88 bits per heavy atom. The molecule has 0 saturated heterocycles. The molecule has 1 heterocycles. The summed E-state index contributed by atoms with van der Waals surface area (Å²) in [5, 5.41) is 0. The molecule has 1 atom stereocenters. The van der Waals surface area contributed by atoms with Gasteiger partial charge < -0.3 is 15.2 Å². The highest BCUT2D eigenvalue weighted by atomic mass is 16.2. The number of rotatable bonds is 5. The third-order valence-corrected chi connectivity index (χ3v) is 3.26. The Kier molecular flexibility index (Phi) is 3.47. The number of aryl methyl sites for hydroxylation is 1. The lowest BCUT2D eigenvalue weighted by Crippen LogP contribution is -2.44. The lowest BCUT2D eigenvalue weighted by atomic mass is 10.2. The van der Waals surface area contributed by atoms with Gasteiger partial charge in [-0.15, -0.1) is 0 Å². The largest absolute Gasteiger partial charge is 0.337 e. The predicted octanol–water partition coefficient (Wildman–Crippen LogP) is 0.648. The van der Waals surface area contributed by atoms with E-state index in [0.717, 1.165) is 18.7 Å². The van der Waals surface area contributed by atoms with Crippen molar-refractivity contribution >= 4 is 5.91 Å². The topological polar surface area (TPSA) is 64.2 Å². The summed E-state index contributed by atoms with van der Waals surface area (Å²) < 4.78 is 1.94. The lowest BCUT2D eigenvalue weighted by molar-refractivity contribution is -0.134. The SMILES string of the molecule is CCC(N)C(=O)N(Cc1nccn1C)C1CC1. The van der Waals surface area contributed by atoms with Crippen molar-refractivity contribution in [2.75, 3.05) is 0 Å². The highest BCUT2D eigenvalue weighted by Gasteiger charge is 2.34. The van der Waals surface area contributed by atoms with E-state index in [1.165, 1.54) is 0 Å². The first-order chi connectivity index (χ1) is 8.13. The van der Waals surface area contributed by atoms with Gasteiger partial charge in [-0.2, -0.15) is 0 Å². The monoisotopic (exact) mass is 236 g/mol. The van der Waals surface area contributed by atoms with Crippen LogP contribution < -0.4 is 5.73 Å². The first-order valence-electron chi connectivity index (χ1n) is 6.15. The minimum absolute atomic E-state index is 0.0537. The van der Waals surface area contributed by atoms with Gasteiger partial charge in [0.2, 0.25) is 5.91 Å².